The number of allylic oxidation sites excluding steroid dienone is 1. The number of fused-ring (bicyclic) bond motifs is 1. The van der Waals surface area contributed by atoms with Gasteiger partial charge in [0.15, 0.2) is 17.5 Å². The number of para-hydroxylation sites is 1. The van der Waals surface area contributed by atoms with Gasteiger partial charge in [-0.3, -0.25) is 9.36 Å². The number of rotatable bonds is 10. The summed E-state index contributed by atoms with van der Waals surface area (Å²) in [4.78, 5) is 31.1. The highest BCUT2D eigenvalue weighted by Crippen LogP contribution is 2.42. The minimum Gasteiger partial charge on any atom is -0.382 e. The number of hydrogen-bond acceptors (Lipinski definition) is 10. The lowest BCUT2D eigenvalue weighted by molar-refractivity contribution is -0.138. The summed E-state index contributed by atoms with van der Waals surface area (Å²) < 4.78 is 25.1. The first kappa shape index (κ1) is 25.8. The Balaban J connectivity index is 1.34. The van der Waals surface area contributed by atoms with Crippen LogP contribution in [0, 0.1) is 5.92 Å². The zero-order valence-corrected chi connectivity index (χ0v) is 21.2. The van der Waals surface area contributed by atoms with Gasteiger partial charge in [0.05, 0.1) is 30.8 Å². The van der Waals surface area contributed by atoms with E-state index in [1.807, 2.05) is 48.8 Å². The number of nitrogen functional groups attached to an aromatic ring is 1. The SMILES string of the molecule is CC(C)ON(c1ccccc1)[C@@H](C)C(=O)OP(N)(=O)OC[C@H]1C=C[C@@H](n2cnc3c(N)ncnc32)C1. The summed E-state index contributed by atoms with van der Waals surface area (Å²) in [6, 6.07) is 8.09. The second-order valence-electron chi connectivity index (χ2n) is 8.77. The Morgan fingerprint density at radius 1 is 1.19 bits per heavy atom. The molecule has 0 amide bonds. The third-order valence-electron chi connectivity index (χ3n) is 5.61. The topological polar surface area (TPSA) is 161 Å². The van der Waals surface area contributed by atoms with E-state index in [9.17, 15) is 9.36 Å². The van der Waals surface area contributed by atoms with Crippen LogP contribution in [0.4, 0.5) is 11.5 Å². The molecular weight excluding hydrogens is 485 g/mol. The van der Waals surface area contributed by atoms with E-state index < -0.39 is 19.8 Å². The molecular formula is C23H30N7O5P. The zero-order chi connectivity index (χ0) is 25.9. The molecule has 0 bridgehead atoms. The smallest absolute Gasteiger partial charge is 0.382 e. The molecule has 0 fully saturated rings. The molecule has 1 aromatic carbocycles. The van der Waals surface area contributed by atoms with E-state index in [0.717, 1.165) is 0 Å². The maximum Gasteiger partial charge on any atom is 0.458 e. The number of anilines is 2. The van der Waals surface area contributed by atoms with E-state index in [0.29, 0.717) is 29.1 Å². The average Bonchev–Trinajstić information content (AvgIpc) is 3.49. The van der Waals surface area contributed by atoms with Crippen molar-refractivity contribution in [3.63, 3.8) is 0 Å². The average molecular weight is 516 g/mol. The van der Waals surface area contributed by atoms with Crippen molar-refractivity contribution in [2.24, 2.45) is 11.4 Å². The largest absolute Gasteiger partial charge is 0.458 e. The number of imidazole rings is 1. The van der Waals surface area contributed by atoms with Gasteiger partial charge in [-0.2, -0.15) is 0 Å². The monoisotopic (exact) mass is 515 g/mol. The van der Waals surface area contributed by atoms with Crippen LogP contribution in [0.25, 0.3) is 11.2 Å². The number of carbonyl (C=O) groups excluding carboxylic acids is 1. The molecule has 2 aromatic heterocycles. The summed E-state index contributed by atoms with van der Waals surface area (Å²) in [7, 11) is -4.17. The van der Waals surface area contributed by atoms with Crippen molar-refractivity contribution in [2.45, 2.75) is 45.4 Å². The first-order chi connectivity index (χ1) is 17.1. The fraction of sp³-hybridized carbons (Fsp3) is 0.391. The molecule has 192 valence electrons. The Bertz CT molecular complexity index is 1280. The standard InChI is InChI=1S/C23H30N7O5P/c1-15(2)34-30(18-7-5-4-6-8-18)16(3)23(31)35-36(25,32)33-12-17-9-10-19(11-17)29-14-28-20-21(24)26-13-27-22(20)29/h4-10,13-17,19H,11-12H2,1-3H3,(H2,25,32)(H2,24,26,27)/t16-,17-,19+,36?/m0/s1. The van der Waals surface area contributed by atoms with Gasteiger partial charge in [-0.25, -0.2) is 34.9 Å². The molecule has 4 rings (SSSR count). The van der Waals surface area contributed by atoms with Crippen molar-refractivity contribution in [3.8, 4) is 0 Å². The van der Waals surface area contributed by atoms with Crippen LogP contribution in [0.1, 0.15) is 33.2 Å². The van der Waals surface area contributed by atoms with Gasteiger partial charge in [0.2, 0.25) is 0 Å². The fourth-order valence-corrected chi connectivity index (χ4v) is 4.75. The zero-order valence-electron chi connectivity index (χ0n) is 20.3. The molecule has 3 aromatic rings. The number of aromatic nitrogens is 4. The van der Waals surface area contributed by atoms with E-state index in [1.54, 1.807) is 25.4 Å². The molecule has 0 saturated heterocycles. The van der Waals surface area contributed by atoms with Crippen LogP contribution in [-0.4, -0.2) is 44.2 Å². The molecule has 4 N–H and O–H groups in total. The molecule has 13 heteroatoms. The Morgan fingerprint density at radius 2 is 1.94 bits per heavy atom. The molecule has 0 aliphatic heterocycles. The Morgan fingerprint density at radius 3 is 2.67 bits per heavy atom. The van der Waals surface area contributed by atoms with Crippen LogP contribution in [-0.2, 0) is 23.2 Å². The van der Waals surface area contributed by atoms with Crippen molar-refractivity contribution in [1.29, 1.82) is 0 Å². The molecule has 2 heterocycles. The van der Waals surface area contributed by atoms with E-state index in [1.165, 1.54) is 11.4 Å². The van der Waals surface area contributed by atoms with Crippen molar-refractivity contribution >= 4 is 36.4 Å². The van der Waals surface area contributed by atoms with Crippen molar-refractivity contribution in [2.75, 3.05) is 17.4 Å². The predicted molar refractivity (Wildman–Crippen MR) is 134 cm³/mol. The van der Waals surface area contributed by atoms with E-state index in [2.05, 4.69) is 15.0 Å². The Labute approximate surface area is 208 Å². The molecule has 0 radical (unpaired) electrons. The van der Waals surface area contributed by atoms with Gasteiger partial charge >= 0.3 is 13.7 Å². The van der Waals surface area contributed by atoms with Crippen LogP contribution in [0.5, 0.6) is 0 Å². The van der Waals surface area contributed by atoms with Gasteiger partial charge in [0.25, 0.3) is 0 Å². The van der Waals surface area contributed by atoms with Crippen LogP contribution in [0.3, 0.4) is 0 Å². The lowest BCUT2D eigenvalue weighted by Crippen LogP contribution is -2.41. The number of benzene rings is 1. The number of nitrogens with two attached hydrogens (primary N) is 2. The predicted octanol–water partition coefficient (Wildman–Crippen LogP) is 3.39. The Kier molecular flexibility index (Phi) is 7.70. The number of carbonyl (C=O) groups is 1. The lowest BCUT2D eigenvalue weighted by atomic mass is 10.1. The highest BCUT2D eigenvalue weighted by molar-refractivity contribution is 7.51. The van der Waals surface area contributed by atoms with Crippen LogP contribution >= 0.6 is 7.75 Å². The van der Waals surface area contributed by atoms with Gasteiger partial charge in [0, 0.05) is 5.92 Å². The summed E-state index contributed by atoms with van der Waals surface area (Å²) in [5, 5.41) is 1.41. The number of nitrogens with zero attached hydrogens (tertiary/aromatic N) is 5. The molecule has 12 nitrogen and oxygen atoms in total. The quantitative estimate of drug-likeness (QED) is 0.231. The molecule has 1 unspecified atom stereocenters. The summed E-state index contributed by atoms with van der Waals surface area (Å²) in [6.07, 6.45) is 7.37. The highest BCUT2D eigenvalue weighted by atomic mass is 31.2. The lowest BCUT2D eigenvalue weighted by Gasteiger charge is -2.30. The van der Waals surface area contributed by atoms with Crippen LogP contribution < -0.4 is 16.3 Å². The molecule has 36 heavy (non-hydrogen) atoms. The second-order valence-corrected chi connectivity index (χ2v) is 10.3. The van der Waals surface area contributed by atoms with Crippen molar-refractivity contribution in [3.05, 3.63) is 55.1 Å². The summed E-state index contributed by atoms with van der Waals surface area (Å²) in [5.41, 5.74) is 13.4. The number of hydrogen-bond donors (Lipinski definition) is 2. The van der Waals surface area contributed by atoms with Gasteiger partial charge in [-0.15, -0.1) is 0 Å². The minimum atomic E-state index is -4.17. The molecule has 4 atom stereocenters. The summed E-state index contributed by atoms with van der Waals surface area (Å²) in [6.45, 7) is 5.26. The fourth-order valence-electron chi connectivity index (χ4n) is 3.90. The second kappa shape index (κ2) is 10.8. The van der Waals surface area contributed by atoms with Crippen LogP contribution in [0.2, 0.25) is 0 Å². The summed E-state index contributed by atoms with van der Waals surface area (Å²) in [5.74, 6) is -0.623. The van der Waals surface area contributed by atoms with Gasteiger partial charge < -0.3 is 14.8 Å². The maximum atomic E-state index is 12.8. The van der Waals surface area contributed by atoms with E-state index in [4.69, 9.17) is 25.1 Å². The third kappa shape index (κ3) is 5.90. The van der Waals surface area contributed by atoms with Gasteiger partial charge in [0.1, 0.15) is 11.8 Å². The maximum absolute atomic E-state index is 12.8. The molecule has 0 saturated carbocycles. The minimum absolute atomic E-state index is 0.0110. The van der Waals surface area contributed by atoms with E-state index >= 15 is 0 Å². The van der Waals surface area contributed by atoms with Crippen molar-refractivity contribution in [1.82, 2.24) is 19.5 Å². The first-order valence-corrected chi connectivity index (χ1v) is 13.1. The highest BCUT2D eigenvalue weighted by Gasteiger charge is 2.33. The Hall–Kier alpha value is -3.31. The molecule has 1 aliphatic carbocycles. The number of hydroxylamine groups is 1. The van der Waals surface area contributed by atoms with Crippen molar-refractivity contribution < 1.29 is 23.2 Å². The molecule has 0 spiro atoms. The van der Waals surface area contributed by atoms with Crippen LogP contribution in [0.15, 0.2) is 55.1 Å². The summed E-state index contributed by atoms with van der Waals surface area (Å²) >= 11 is 0. The molecule has 1 aliphatic rings. The first-order valence-electron chi connectivity index (χ1n) is 11.5. The van der Waals surface area contributed by atoms with Gasteiger partial charge in [-0.1, -0.05) is 30.4 Å². The van der Waals surface area contributed by atoms with E-state index in [-0.39, 0.29) is 24.7 Å². The normalized spacial score (nSPS) is 19.9. The van der Waals surface area contributed by atoms with Gasteiger partial charge in [-0.05, 0) is 39.3 Å². The third-order valence-corrected chi connectivity index (χ3v) is 6.55.